The lowest BCUT2D eigenvalue weighted by molar-refractivity contribution is 0.0697. The van der Waals surface area contributed by atoms with Crippen LogP contribution in [0.2, 0.25) is 0 Å². The van der Waals surface area contributed by atoms with Gasteiger partial charge in [0.2, 0.25) is 0 Å². The van der Waals surface area contributed by atoms with E-state index >= 15 is 0 Å². The predicted octanol–water partition coefficient (Wildman–Crippen LogP) is 1.45. The summed E-state index contributed by atoms with van der Waals surface area (Å²) < 4.78 is 0. The molecule has 0 saturated heterocycles. The van der Waals surface area contributed by atoms with Crippen LogP contribution in [0, 0.1) is 0 Å². The number of hydrogen-bond donors (Lipinski definition) is 3. The summed E-state index contributed by atoms with van der Waals surface area (Å²) >= 11 is 0. The Morgan fingerprint density at radius 2 is 2.23 bits per heavy atom. The molecule has 0 unspecified atom stereocenters. The predicted molar refractivity (Wildman–Crippen MR) is 49.7 cm³/mol. The van der Waals surface area contributed by atoms with E-state index in [0.29, 0.717) is 5.69 Å². The topological polar surface area (TPSA) is 79.1 Å². The van der Waals surface area contributed by atoms with Crippen molar-refractivity contribution in [3.63, 3.8) is 0 Å². The maximum atomic E-state index is 10.6. The Hall–Kier alpha value is -1.97. The first-order chi connectivity index (χ1) is 6.18. The highest BCUT2D eigenvalue weighted by Gasteiger charge is 2.05. The molecule has 0 aliphatic carbocycles. The van der Waals surface area contributed by atoms with Gasteiger partial charge in [-0.1, -0.05) is 0 Å². The summed E-state index contributed by atoms with van der Waals surface area (Å²) in [4.78, 5) is 13.6. The van der Waals surface area contributed by atoms with E-state index in [2.05, 4.69) is 4.98 Å². The molecule has 13 heavy (non-hydrogen) atoms. The van der Waals surface area contributed by atoms with Gasteiger partial charge in [-0.15, -0.1) is 0 Å². The molecular formula is C9H8N2O2. The van der Waals surface area contributed by atoms with Crippen molar-refractivity contribution in [1.29, 1.82) is 0 Å². The number of nitrogen functional groups attached to an aromatic ring is 1. The van der Waals surface area contributed by atoms with Crippen LogP contribution >= 0.6 is 0 Å². The van der Waals surface area contributed by atoms with Gasteiger partial charge in [-0.3, -0.25) is 0 Å². The zero-order chi connectivity index (χ0) is 9.42. The fraction of sp³-hybridized carbons (Fsp3) is 0. The third-order valence-electron chi connectivity index (χ3n) is 1.96. The van der Waals surface area contributed by atoms with Gasteiger partial charge in [0, 0.05) is 17.1 Å². The number of aromatic carboxylic acids is 1. The second kappa shape index (κ2) is 2.52. The van der Waals surface area contributed by atoms with Crippen LogP contribution in [0.25, 0.3) is 10.9 Å². The number of H-pyrrole nitrogens is 1. The maximum Gasteiger partial charge on any atom is 0.335 e. The first-order valence-corrected chi connectivity index (χ1v) is 3.78. The van der Waals surface area contributed by atoms with Crippen molar-refractivity contribution < 1.29 is 9.90 Å². The van der Waals surface area contributed by atoms with Crippen molar-refractivity contribution in [3.8, 4) is 0 Å². The summed E-state index contributed by atoms with van der Waals surface area (Å²) in [7, 11) is 0. The minimum Gasteiger partial charge on any atom is -0.478 e. The number of benzene rings is 1. The lowest BCUT2D eigenvalue weighted by Gasteiger charge is -1.94. The van der Waals surface area contributed by atoms with Gasteiger partial charge < -0.3 is 15.8 Å². The molecular weight excluding hydrogens is 168 g/mol. The number of nitrogens with one attached hydrogen (secondary N) is 1. The second-order valence-electron chi connectivity index (χ2n) is 2.81. The highest BCUT2D eigenvalue weighted by molar-refractivity contribution is 5.98. The van der Waals surface area contributed by atoms with Crippen LogP contribution in [0.15, 0.2) is 24.4 Å². The van der Waals surface area contributed by atoms with E-state index in [0.717, 1.165) is 10.9 Å². The molecule has 1 heterocycles. The summed E-state index contributed by atoms with van der Waals surface area (Å²) in [5, 5.41) is 9.47. The van der Waals surface area contributed by atoms with Gasteiger partial charge in [0.25, 0.3) is 0 Å². The van der Waals surface area contributed by atoms with Crippen LogP contribution < -0.4 is 5.73 Å². The van der Waals surface area contributed by atoms with E-state index in [9.17, 15) is 4.79 Å². The second-order valence-corrected chi connectivity index (χ2v) is 2.81. The summed E-state index contributed by atoms with van der Waals surface area (Å²) in [6.45, 7) is 0. The Kier molecular flexibility index (Phi) is 1.48. The number of fused-ring (bicyclic) bond motifs is 1. The Morgan fingerprint density at radius 1 is 1.46 bits per heavy atom. The molecule has 0 aliphatic heterocycles. The average molecular weight is 176 g/mol. The van der Waals surface area contributed by atoms with E-state index in [1.807, 2.05) is 0 Å². The molecule has 1 aromatic heterocycles. The minimum absolute atomic E-state index is 0.249. The molecule has 0 spiro atoms. The highest BCUT2D eigenvalue weighted by atomic mass is 16.4. The molecule has 4 N–H and O–H groups in total. The van der Waals surface area contributed by atoms with Gasteiger partial charge in [0.15, 0.2) is 0 Å². The maximum absolute atomic E-state index is 10.6. The van der Waals surface area contributed by atoms with Crippen molar-refractivity contribution in [3.05, 3.63) is 30.0 Å². The number of nitrogens with two attached hydrogens (primary N) is 1. The number of anilines is 1. The Morgan fingerprint density at radius 3 is 2.92 bits per heavy atom. The Balaban J connectivity index is 2.72. The van der Waals surface area contributed by atoms with E-state index in [1.165, 1.54) is 0 Å². The van der Waals surface area contributed by atoms with Crippen molar-refractivity contribution in [2.45, 2.75) is 0 Å². The van der Waals surface area contributed by atoms with Crippen LogP contribution in [0.1, 0.15) is 10.4 Å². The number of carboxylic acids is 1. The van der Waals surface area contributed by atoms with Crippen LogP contribution in [0.4, 0.5) is 5.69 Å². The van der Waals surface area contributed by atoms with Gasteiger partial charge in [0.05, 0.1) is 11.3 Å². The molecule has 0 radical (unpaired) electrons. The minimum atomic E-state index is -0.942. The largest absolute Gasteiger partial charge is 0.478 e. The van der Waals surface area contributed by atoms with Crippen molar-refractivity contribution >= 4 is 22.6 Å². The Labute approximate surface area is 74.0 Å². The molecule has 2 aromatic rings. The molecule has 0 fully saturated rings. The summed E-state index contributed by atoms with van der Waals surface area (Å²) in [6, 6.07) is 4.80. The molecule has 4 nitrogen and oxygen atoms in total. The Bertz CT molecular complexity index is 473. The van der Waals surface area contributed by atoms with Crippen molar-refractivity contribution in [2.75, 3.05) is 5.73 Å². The molecule has 0 amide bonds. The van der Waals surface area contributed by atoms with Crippen molar-refractivity contribution in [1.82, 2.24) is 4.98 Å². The summed E-state index contributed by atoms with van der Waals surface area (Å²) in [5.41, 5.74) is 7.29. The SMILES string of the molecule is Nc1c[nH]c2ccc(C(=O)O)cc12. The summed E-state index contributed by atoms with van der Waals surface area (Å²) in [6.07, 6.45) is 1.65. The molecule has 0 saturated carbocycles. The molecule has 0 atom stereocenters. The van der Waals surface area contributed by atoms with Crippen molar-refractivity contribution in [2.24, 2.45) is 0 Å². The quantitative estimate of drug-likeness (QED) is 0.615. The van der Waals surface area contributed by atoms with Crippen LogP contribution in [-0.2, 0) is 0 Å². The molecule has 0 aliphatic rings. The first-order valence-electron chi connectivity index (χ1n) is 3.78. The van der Waals surface area contributed by atoms with Gasteiger partial charge in [-0.25, -0.2) is 4.79 Å². The van der Waals surface area contributed by atoms with Gasteiger partial charge in [-0.05, 0) is 18.2 Å². The monoisotopic (exact) mass is 176 g/mol. The van der Waals surface area contributed by atoms with E-state index in [1.54, 1.807) is 24.4 Å². The lowest BCUT2D eigenvalue weighted by atomic mass is 10.1. The normalized spacial score (nSPS) is 10.5. The number of carboxylic acid groups (broad SMARTS) is 1. The van der Waals surface area contributed by atoms with Gasteiger partial charge >= 0.3 is 5.97 Å². The average Bonchev–Trinajstić information content (AvgIpc) is 2.47. The zero-order valence-electron chi connectivity index (χ0n) is 6.74. The van der Waals surface area contributed by atoms with Crippen LogP contribution in [-0.4, -0.2) is 16.1 Å². The zero-order valence-corrected chi connectivity index (χ0v) is 6.74. The molecule has 4 heteroatoms. The fourth-order valence-corrected chi connectivity index (χ4v) is 1.28. The standard InChI is InChI=1S/C9H8N2O2/c10-7-4-11-8-2-1-5(9(12)13)3-6(7)8/h1-4,11H,10H2,(H,12,13). The first kappa shape index (κ1) is 7.67. The molecule has 0 bridgehead atoms. The number of aromatic nitrogens is 1. The third kappa shape index (κ3) is 1.12. The van der Waals surface area contributed by atoms with E-state index in [-0.39, 0.29) is 5.56 Å². The van der Waals surface area contributed by atoms with Gasteiger partial charge in [0.1, 0.15) is 0 Å². The number of hydrogen-bond acceptors (Lipinski definition) is 2. The highest BCUT2D eigenvalue weighted by Crippen LogP contribution is 2.21. The lowest BCUT2D eigenvalue weighted by Crippen LogP contribution is -1.95. The number of carbonyl (C=O) groups is 1. The van der Waals surface area contributed by atoms with E-state index < -0.39 is 5.97 Å². The molecule has 1 aromatic carbocycles. The van der Waals surface area contributed by atoms with Crippen LogP contribution in [0.3, 0.4) is 0 Å². The fourth-order valence-electron chi connectivity index (χ4n) is 1.28. The molecule has 2 rings (SSSR count). The summed E-state index contributed by atoms with van der Waals surface area (Å²) in [5.74, 6) is -0.942. The smallest absolute Gasteiger partial charge is 0.335 e. The van der Waals surface area contributed by atoms with Crippen LogP contribution in [0.5, 0.6) is 0 Å². The number of rotatable bonds is 1. The van der Waals surface area contributed by atoms with E-state index in [4.69, 9.17) is 10.8 Å². The van der Waals surface area contributed by atoms with Gasteiger partial charge in [-0.2, -0.15) is 0 Å². The molecule has 66 valence electrons. The third-order valence-corrected chi connectivity index (χ3v) is 1.96. The number of aromatic amines is 1.